The molecular weight excluding hydrogens is 200 g/mol. The van der Waals surface area contributed by atoms with Crippen molar-refractivity contribution >= 4 is 10.1 Å². The Labute approximate surface area is 86.5 Å². The van der Waals surface area contributed by atoms with Crippen LogP contribution in [-0.2, 0) is 10.1 Å². The van der Waals surface area contributed by atoms with Crippen molar-refractivity contribution in [2.24, 2.45) is 0 Å². The van der Waals surface area contributed by atoms with Gasteiger partial charge in [-0.2, -0.15) is 8.42 Å². The van der Waals surface area contributed by atoms with Crippen LogP contribution in [0.5, 0.6) is 0 Å². The molecular formula is C10H18O3S. The highest BCUT2D eigenvalue weighted by Crippen LogP contribution is 1.92. The Bertz CT molecular complexity index is 295. The molecule has 0 aliphatic carbocycles. The second-order valence-corrected chi connectivity index (χ2v) is 3.85. The lowest BCUT2D eigenvalue weighted by atomic mass is 10.2. The highest BCUT2D eigenvalue weighted by Gasteiger charge is 1.81. The predicted molar refractivity (Wildman–Crippen MR) is 60.0 cm³/mol. The number of hydrogen-bond acceptors (Lipinski definition) is 2. The molecule has 0 unspecified atom stereocenters. The number of hydrogen-bond donors (Lipinski definition) is 1. The standard InChI is InChI=1S/C7H8.C2H6.CH4O3S/c1-7-5-3-2-4-6-7;1-2;1-5(2,3)4/h2-6H,1H3;1-2H3;1H3,(H,2,3,4). The van der Waals surface area contributed by atoms with Crippen molar-refractivity contribution in [3.63, 3.8) is 0 Å². The van der Waals surface area contributed by atoms with Crippen LogP contribution in [-0.4, -0.2) is 19.2 Å². The molecule has 0 heterocycles. The zero-order valence-electron chi connectivity index (χ0n) is 9.06. The molecule has 0 spiro atoms. The van der Waals surface area contributed by atoms with Gasteiger partial charge in [0.2, 0.25) is 0 Å². The van der Waals surface area contributed by atoms with Crippen LogP contribution in [0.1, 0.15) is 19.4 Å². The summed E-state index contributed by atoms with van der Waals surface area (Å²) in [6.07, 6.45) is 0.715. The second kappa shape index (κ2) is 8.72. The second-order valence-electron chi connectivity index (χ2n) is 2.39. The van der Waals surface area contributed by atoms with E-state index in [1.165, 1.54) is 5.56 Å². The van der Waals surface area contributed by atoms with Gasteiger partial charge in [0.25, 0.3) is 10.1 Å². The Balaban J connectivity index is 0. The SMILES string of the molecule is CC.CS(=O)(=O)O.Cc1ccccc1. The van der Waals surface area contributed by atoms with Gasteiger partial charge in [0.15, 0.2) is 0 Å². The third-order valence-electron chi connectivity index (χ3n) is 0.940. The zero-order chi connectivity index (χ0) is 11.6. The van der Waals surface area contributed by atoms with Gasteiger partial charge in [0.1, 0.15) is 0 Å². The van der Waals surface area contributed by atoms with E-state index in [0.29, 0.717) is 6.26 Å². The maximum atomic E-state index is 9.19. The molecule has 0 fully saturated rings. The summed E-state index contributed by atoms with van der Waals surface area (Å²) in [5, 5.41) is 0. The largest absolute Gasteiger partial charge is 0.286 e. The van der Waals surface area contributed by atoms with E-state index in [0.717, 1.165) is 0 Å². The molecule has 0 aliphatic rings. The fourth-order valence-corrected chi connectivity index (χ4v) is 0.534. The number of aryl methyl sites for hydroxylation is 1. The maximum Gasteiger partial charge on any atom is 0.261 e. The average molecular weight is 218 g/mol. The lowest BCUT2D eigenvalue weighted by Gasteiger charge is -1.82. The van der Waals surface area contributed by atoms with Gasteiger partial charge in [-0.1, -0.05) is 49.7 Å². The summed E-state index contributed by atoms with van der Waals surface area (Å²) in [5.41, 5.74) is 1.32. The maximum absolute atomic E-state index is 9.19. The molecule has 1 aromatic rings. The topological polar surface area (TPSA) is 54.4 Å². The van der Waals surface area contributed by atoms with Gasteiger partial charge in [-0.15, -0.1) is 0 Å². The minimum atomic E-state index is -3.67. The molecule has 0 aliphatic heterocycles. The van der Waals surface area contributed by atoms with E-state index in [2.05, 4.69) is 19.1 Å². The quantitative estimate of drug-likeness (QED) is 0.681. The van der Waals surface area contributed by atoms with Crippen LogP contribution < -0.4 is 0 Å². The zero-order valence-corrected chi connectivity index (χ0v) is 9.88. The Morgan fingerprint density at radius 2 is 1.36 bits per heavy atom. The number of benzene rings is 1. The monoisotopic (exact) mass is 218 g/mol. The molecule has 0 atom stereocenters. The smallest absolute Gasteiger partial charge is 0.261 e. The van der Waals surface area contributed by atoms with Gasteiger partial charge in [0.05, 0.1) is 6.26 Å². The van der Waals surface area contributed by atoms with Gasteiger partial charge in [-0.25, -0.2) is 0 Å². The lowest BCUT2D eigenvalue weighted by molar-refractivity contribution is 0.490. The van der Waals surface area contributed by atoms with Crippen LogP contribution in [0.4, 0.5) is 0 Å². The van der Waals surface area contributed by atoms with Gasteiger partial charge in [-0.3, -0.25) is 4.55 Å². The molecule has 0 amide bonds. The third kappa shape index (κ3) is 22.5. The van der Waals surface area contributed by atoms with Crippen LogP contribution >= 0.6 is 0 Å². The fourth-order valence-electron chi connectivity index (χ4n) is 0.534. The first-order chi connectivity index (χ1) is 6.39. The summed E-state index contributed by atoms with van der Waals surface area (Å²) in [7, 11) is -3.67. The van der Waals surface area contributed by atoms with E-state index in [1.54, 1.807) is 0 Å². The first kappa shape index (κ1) is 15.6. The first-order valence-corrected chi connectivity index (χ1v) is 6.18. The summed E-state index contributed by atoms with van der Waals surface area (Å²) in [6, 6.07) is 10.3. The minimum absolute atomic E-state index is 0.715. The van der Waals surface area contributed by atoms with E-state index in [4.69, 9.17) is 4.55 Å². The Morgan fingerprint density at radius 1 is 1.07 bits per heavy atom. The van der Waals surface area contributed by atoms with E-state index >= 15 is 0 Å². The Morgan fingerprint density at radius 3 is 1.50 bits per heavy atom. The average Bonchev–Trinajstić information content (AvgIpc) is 2.06. The molecule has 82 valence electrons. The van der Waals surface area contributed by atoms with Crippen LogP contribution in [0.25, 0.3) is 0 Å². The van der Waals surface area contributed by atoms with Gasteiger partial charge in [0, 0.05) is 0 Å². The predicted octanol–water partition coefficient (Wildman–Crippen LogP) is 2.53. The summed E-state index contributed by atoms with van der Waals surface area (Å²) in [6.45, 7) is 6.08. The van der Waals surface area contributed by atoms with Gasteiger partial charge < -0.3 is 0 Å². The van der Waals surface area contributed by atoms with Crippen LogP contribution in [0, 0.1) is 6.92 Å². The molecule has 14 heavy (non-hydrogen) atoms. The molecule has 0 bridgehead atoms. The third-order valence-corrected chi connectivity index (χ3v) is 0.940. The molecule has 1 rings (SSSR count). The molecule has 0 saturated carbocycles. The molecule has 0 aromatic heterocycles. The summed E-state index contributed by atoms with van der Waals surface area (Å²) in [4.78, 5) is 0. The van der Waals surface area contributed by atoms with Crippen LogP contribution in [0.15, 0.2) is 30.3 Å². The molecule has 0 saturated heterocycles. The molecule has 1 aromatic carbocycles. The number of rotatable bonds is 0. The lowest BCUT2D eigenvalue weighted by Crippen LogP contribution is -1.88. The van der Waals surface area contributed by atoms with Crippen molar-refractivity contribution in [3.8, 4) is 0 Å². The van der Waals surface area contributed by atoms with Crippen molar-refractivity contribution in [2.45, 2.75) is 20.8 Å². The molecule has 3 nitrogen and oxygen atoms in total. The summed E-state index contributed by atoms with van der Waals surface area (Å²) >= 11 is 0. The van der Waals surface area contributed by atoms with Crippen molar-refractivity contribution in [3.05, 3.63) is 35.9 Å². The Hall–Kier alpha value is -0.870. The van der Waals surface area contributed by atoms with E-state index < -0.39 is 10.1 Å². The summed E-state index contributed by atoms with van der Waals surface area (Å²) < 4.78 is 25.9. The van der Waals surface area contributed by atoms with Crippen molar-refractivity contribution in [1.82, 2.24) is 0 Å². The highest BCUT2D eigenvalue weighted by molar-refractivity contribution is 7.85. The minimum Gasteiger partial charge on any atom is -0.286 e. The van der Waals surface area contributed by atoms with Crippen LogP contribution in [0.3, 0.4) is 0 Å². The summed E-state index contributed by atoms with van der Waals surface area (Å²) in [5.74, 6) is 0. The van der Waals surface area contributed by atoms with Crippen molar-refractivity contribution < 1.29 is 13.0 Å². The van der Waals surface area contributed by atoms with Crippen molar-refractivity contribution in [1.29, 1.82) is 0 Å². The van der Waals surface area contributed by atoms with Gasteiger partial charge in [-0.05, 0) is 6.92 Å². The fraction of sp³-hybridized carbons (Fsp3) is 0.400. The van der Waals surface area contributed by atoms with E-state index in [-0.39, 0.29) is 0 Å². The van der Waals surface area contributed by atoms with Crippen molar-refractivity contribution in [2.75, 3.05) is 6.26 Å². The van der Waals surface area contributed by atoms with Gasteiger partial charge >= 0.3 is 0 Å². The molecule has 0 radical (unpaired) electrons. The molecule has 4 heteroatoms. The highest BCUT2D eigenvalue weighted by atomic mass is 32.2. The van der Waals surface area contributed by atoms with E-state index in [9.17, 15) is 8.42 Å². The van der Waals surface area contributed by atoms with Crippen LogP contribution in [0.2, 0.25) is 0 Å². The normalized spacial score (nSPS) is 8.93. The first-order valence-electron chi connectivity index (χ1n) is 4.33. The Kier molecular flexibility index (Phi) is 9.71. The molecule has 1 N–H and O–H groups in total. The van der Waals surface area contributed by atoms with E-state index in [1.807, 2.05) is 32.0 Å².